The number of nitrogens with zero attached hydrogens (tertiary/aromatic N) is 2. The van der Waals surface area contributed by atoms with E-state index in [1.54, 1.807) is 0 Å². The lowest BCUT2D eigenvalue weighted by atomic mass is 10.0. The monoisotopic (exact) mass is 227 g/mol. The van der Waals surface area contributed by atoms with Gasteiger partial charge in [0.05, 0.1) is 6.42 Å². The Bertz CT molecular complexity index is 469. The van der Waals surface area contributed by atoms with Crippen molar-refractivity contribution < 1.29 is 18.7 Å². The topological polar surface area (TPSA) is 100 Å². The van der Waals surface area contributed by atoms with Gasteiger partial charge in [-0.15, -0.1) is 0 Å². The van der Waals surface area contributed by atoms with Crippen LogP contribution in [0.25, 0.3) is 0 Å². The molecule has 0 aliphatic rings. The van der Waals surface area contributed by atoms with Crippen LogP contribution in [0.15, 0.2) is 6.20 Å². The Morgan fingerprint density at radius 3 is 2.75 bits per heavy atom. The van der Waals surface area contributed by atoms with Crippen LogP contribution in [0, 0.1) is 11.3 Å². The lowest BCUT2D eigenvalue weighted by Gasteiger charge is -2.09. The summed E-state index contributed by atoms with van der Waals surface area (Å²) in [6, 6.07) is 1.50. The highest BCUT2D eigenvalue weighted by Crippen LogP contribution is 2.28. The third kappa shape index (κ3) is 2.23. The summed E-state index contributed by atoms with van der Waals surface area (Å²) < 4.78 is 25.4. The van der Waals surface area contributed by atoms with Gasteiger partial charge in [0.1, 0.15) is 17.5 Å². The zero-order chi connectivity index (χ0) is 12.3. The van der Waals surface area contributed by atoms with Crippen molar-refractivity contribution in [3.63, 3.8) is 0 Å². The lowest BCUT2D eigenvalue weighted by Crippen LogP contribution is -2.09. The summed E-state index contributed by atoms with van der Waals surface area (Å²) in [7, 11) is 0. The fraction of sp³-hybridized carbons (Fsp3) is 0.222. The van der Waals surface area contributed by atoms with Gasteiger partial charge < -0.3 is 10.8 Å². The molecule has 1 rings (SSSR count). The molecule has 1 aromatic heterocycles. The predicted octanol–water partition coefficient (Wildman–Crippen LogP) is 1.10. The van der Waals surface area contributed by atoms with Crippen molar-refractivity contribution in [1.29, 1.82) is 5.26 Å². The molecule has 3 N–H and O–H groups in total. The Balaban J connectivity index is 3.40. The predicted molar refractivity (Wildman–Crippen MR) is 49.7 cm³/mol. The molecule has 0 amide bonds. The second-order valence-electron chi connectivity index (χ2n) is 2.94. The van der Waals surface area contributed by atoms with E-state index in [4.69, 9.17) is 16.1 Å². The fourth-order valence-corrected chi connectivity index (χ4v) is 1.25. The zero-order valence-corrected chi connectivity index (χ0v) is 7.94. The molecule has 0 saturated heterocycles. The highest BCUT2D eigenvalue weighted by Gasteiger charge is 2.22. The minimum Gasteiger partial charge on any atom is -0.481 e. The standard InChI is InChI=1S/C9H7F2N3O2/c10-8(11)7-4(1-6(15)16)3-14-9(13)5(7)2-12/h3,8H,1H2,(H2,13,14)(H,15,16). The Hall–Kier alpha value is -2.23. The van der Waals surface area contributed by atoms with Crippen LogP contribution in [0.2, 0.25) is 0 Å². The maximum atomic E-state index is 12.7. The summed E-state index contributed by atoms with van der Waals surface area (Å²) in [6.07, 6.45) is -2.64. The van der Waals surface area contributed by atoms with Crippen LogP contribution in [0.1, 0.15) is 23.1 Å². The Morgan fingerprint density at radius 1 is 1.69 bits per heavy atom. The van der Waals surface area contributed by atoms with E-state index in [9.17, 15) is 13.6 Å². The molecular formula is C9H7F2N3O2. The number of hydrogen-bond acceptors (Lipinski definition) is 4. The minimum absolute atomic E-state index is 0.201. The van der Waals surface area contributed by atoms with E-state index in [-0.39, 0.29) is 11.4 Å². The number of halogens is 2. The lowest BCUT2D eigenvalue weighted by molar-refractivity contribution is -0.136. The maximum Gasteiger partial charge on any atom is 0.307 e. The number of carboxylic acid groups (broad SMARTS) is 1. The van der Waals surface area contributed by atoms with Crippen LogP contribution < -0.4 is 5.73 Å². The molecule has 84 valence electrons. The summed E-state index contributed by atoms with van der Waals surface area (Å²) in [5.41, 5.74) is 3.94. The van der Waals surface area contributed by atoms with Gasteiger partial charge in [-0.2, -0.15) is 5.26 Å². The quantitative estimate of drug-likeness (QED) is 0.805. The number of aliphatic carboxylic acids is 1. The smallest absolute Gasteiger partial charge is 0.307 e. The molecule has 0 aliphatic heterocycles. The SMILES string of the molecule is N#Cc1c(N)ncc(CC(=O)O)c1C(F)F. The summed E-state index contributed by atoms with van der Waals surface area (Å²) in [5.74, 6) is -1.61. The van der Waals surface area contributed by atoms with Gasteiger partial charge in [-0.3, -0.25) is 4.79 Å². The highest BCUT2D eigenvalue weighted by molar-refractivity contribution is 5.72. The van der Waals surface area contributed by atoms with Gasteiger partial charge in [-0.25, -0.2) is 13.8 Å². The molecular weight excluding hydrogens is 220 g/mol. The molecule has 7 heteroatoms. The summed E-state index contributed by atoms with van der Waals surface area (Å²) >= 11 is 0. The van der Waals surface area contributed by atoms with Gasteiger partial charge in [0, 0.05) is 11.8 Å². The molecule has 0 aromatic carbocycles. The molecule has 0 bridgehead atoms. The third-order valence-electron chi connectivity index (χ3n) is 1.90. The first-order valence-corrected chi connectivity index (χ1v) is 4.14. The molecule has 0 fully saturated rings. The van der Waals surface area contributed by atoms with Crippen molar-refractivity contribution in [3.8, 4) is 6.07 Å². The number of pyridine rings is 1. The second kappa shape index (κ2) is 4.53. The van der Waals surface area contributed by atoms with E-state index in [0.29, 0.717) is 0 Å². The number of anilines is 1. The summed E-state index contributed by atoms with van der Waals surface area (Å²) in [5, 5.41) is 17.2. The number of nitrogen functional groups attached to an aromatic ring is 1. The van der Waals surface area contributed by atoms with Gasteiger partial charge in [0.15, 0.2) is 0 Å². The molecule has 0 radical (unpaired) electrons. The summed E-state index contributed by atoms with van der Waals surface area (Å²) in [6.45, 7) is 0. The van der Waals surface area contributed by atoms with Crippen molar-refractivity contribution in [3.05, 3.63) is 22.9 Å². The van der Waals surface area contributed by atoms with Crippen molar-refractivity contribution in [2.24, 2.45) is 0 Å². The Labute approximate surface area is 89.1 Å². The number of aromatic nitrogens is 1. The van der Waals surface area contributed by atoms with Gasteiger partial charge in [0.25, 0.3) is 6.43 Å². The van der Waals surface area contributed by atoms with Gasteiger partial charge in [-0.1, -0.05) is 0 Å². The number of alkyl halides is 2. The number of rotatable bonds is 3. The molecule has 1 heterocycles. The molecule has 16 heavy (non-hydrogen) atoms. The van der Waals surface area contributed by atoms with Crippen molar-refractivity contribution >= 4 is 11.8 Å². The van der Waals surface area contributed by atoms with E-state index in [2.05, 4.69) is 4.98 Å². The van der Waals surface area contributed by atoms with E-state index < -0.39 is 29.9 Å². The maximum absolute atomic E-state index is 12.7. The van der Waals surface area contributed by atoms with Crippen molar-refractivity contribution in [2.75, 3.05) is 5.73 Å². The van der Waals surface area contributed by atoms with Gasteiger partial charge in [0.2, 0.25) is 0 Å². The highest BCUT2D eigenvalue weighted by atomic mass is 19.3. The van der Waals surface area contributed by atoms with E-state index in [0.717, 1.165) is 6.20 Å². The number of carboxylic acids is 1. The molecule has 0 atom stereocenters. The van der Waals surface area contributed by atoms with Crippen molar-refractivity contribution in [1.82, 2.24) is 4.98 Å². The van der Waals surface area contributed by atoms with Gasteiger partial charge in [-0.05, 0) is 5.56 Å². The van der Waals surface area contributed by atoms with Crippen molar-refractivity contribution in [2.45, 2.75) is 12.8 Å². The molecule has 0 spiro atoms. The summed E-state index contributed by atoms with van der Waals surface area (Å²) in [4.78, 5) is 13.9. The van der Waals surface area contributed by atoms with Crippen LogP contribution in [0.4, 0.5) is 14.6 Å². The van der Waals surface area contributed by atoms with E-state index in [1.165, 1.54) is 6.07 Å². The molecule has 1 aromatic rings. The van der Waals surface area contributed by atoms with Crippen LogP contribution >= 0.6 is 0 Å². The third-order valence-corrected chi connectivity index (χ3v) is 1.90. The van der Waals surface area contributed by atoms with E-state index in [1.807, 2.05) is 0 Å². The number of nitriles is 1. The van der Waals surface area contributed by atoms with Crippen LogP contribution in [-0.4, -0.2) is 16.1 Å². The second-order valence-corrected chi connectivity index (χ2v) is 2.94. The van der Waals surface area contributed by atoms with E-state index >= 15 is 0 Å². The van der Waals surface area contributed by atoms with Crippen LogP contribution in [0.5, 0.6) is 0 Å². The molecule has 0 unspecified atom stereocenters. The molecule has 5 nitrogen and oxygen atoms in total. The number of carbonyl (C=O) groups is 1. The first kappa shape index (κ1) is 11.8. The van der Waals surface area contributed by atoms with Crippen LogP contribution in [-0.2, 0) is 11.2 Å². The first-order valence-electron chi connectivity index (χ1n) is 4.14. The van der Waals surface area contributed by atoms with Gasteiger partial charge >= 0.3 is 5.97 Å². The fourth-order valence-electron chi connectivity index (χ4n) is 1.25. The largest absolute Gasteiger partial charge is 0.481 e. The Morgan fingerprint density at radius 2 is 2.31 bits per heavy atom. The number of hydrogen-bond donors (Lipinski definition) is 2. The zero-order valence-electron chi connectivity index (χ0n) is 7.94. The average Bonchev–Trinajstić information content (AvgIpc) is 2.18. The number of nitrogens with two attached hydrogens (primary N) is 1. The van der Waals surface area contributed by atoms with Crippen LogP contribution in [0.3, 0.4) is 0 Å². The Kier molecular flexibility index (Phi) is 3.35. The minimum atomic E-state index is -2.96. The molecule has 0 saturated carbocycles. The first-order chi connectivity index (χ1) is 7.47. The average molecular weight is 227 g/mol. The normalized spacial score (nSPS) is 10.1. The molecule has 0 aliphatic carbocycles.